The van der Waals surface area contributed by atoms with Crippen LogP contribution in [-0.2, 0) is 4.84 Å². The molecule has 0 aliphatic carbocycles. The molecule has 0 spiro atoms. The Balaban J connectivity index is 2.31. The quantitative estimate of drug-likeness (QED) is 0.676. The monoisotopic (exact) mass is 160 g/mol. The van der Waals surface area contributed by atoms with Gasteiger partial charge >= 0.3 is 0 Å². The lowest BCUT2D eigenvalue weighted by Gasteiger charge is -2.10. The fourth-order valence-electron chi connectivity index (χ4n) is 1.00. The molecule has 3 nitrogen and oxygen atoms in total. The van der Waals surface area contributed by atoms with Crippen molar-refractivity contribution in [3.05, 3.63) is 42.1 Å². The maximum absolute atomic E-state index is 4.83. The van der Waals surface area contributed by atoms with Crippen molar-refractivity contribution in [2.75, 3.05) is 0 Å². The highest BCUT2D eigenvalue weighted by atomic mass is 16.6. The molecular weight excluding hydrogens is 152 g/mol. The van der Waals surface area contributed by atoms with Gasteiger partial charge in [0.25, 0.3) is 0 Å². The molecule has 3 heteroatoms. The minimum absolute atomic E-state index is 0.873. The molecule has 1 aromatic rings. The number of aliphatic imine (C=N–C) groups is 1. The second kappa shape index (κ2) is 3.09. The molecule has 2 rings (SSSR count). The fraction of sp³-hybridized carbons (Fsp3) is 0. The summed E-state index contributed by atoms with van der Waals surface area (Å²) in [6, 6.07) is 9.88. The molecule has 0 unspecified atom stereocenters. The summed E-state index contributed by atoms with van der Waals surface area (Å²) in [4.78, 5) is 8.69. The van der Waals surface area contributed by atoms with Gasteiger partial charge in [0, 0.05) is 5.56 Å². The Bertz CT molecular complexity index is 317. The van der Waals surface area contributed by atoms with Crippen molar-refractivity contribution in [3.8, 4) is 0 Å². The van der Waals surface area contributed by atoms with Crippen molar-refractivity contribution in [1.29, 1.82) is 0 Å². The van der Waals surface area contributed by atoms with Gasteiger partial charge in [0.2, 0.25) is 6.40 Å². The lowest BCUT2D eigenvalue weighted by Crippen LogP contribution is -2.14. The summed E-state index contributed by atoms with van der Waals surface area (Å²) in [6.07, 6.45) is 3.07. The van der Waals surface area contributed by atoms with Gasteiger partial charge in [0.15, 0.2) is 0 Å². The second-order valence-electron chi connectivity index (χ2n) is 2.38. The maximum Gasteiger partial charge on any atom is 0.208 e. The van der Waals surface area contributed by atoms with Crippen LogP contribution < -0.4 is 5.48 Å². The lowest BCUT2D eigenvalue weighted by atomic mass is 10.2. The second-order valence-corrected chi connectivity index (χ2v) is 2.38. The number of hydrogen-bond donors (Lipinski definition) is 1. The van der Waals surface area contributed by atoms with Gasteiger partial charge in [0.05, 0.1) is 11.9 Å². The summed E-state index contributed by atoms with van der Waals surface area (Å²) in [5, 5.41) is 0. The van der Waals surface area contributed by atoms with Gasteiger partial charge < -0.3 is 4.84 Å². The minimum Gasteiger partial charge on any atom is -0.370 e. The van der Waals surface area contributed by atoms with Gasteiger partial charge in [-0.2, -0.15) is 0 Å². The van der Waals surface area contributed by atoms with E-state index in [9.17, 15) is 0 Å². The van der Waals surface area contributed by atoms with E-state index >= 15 is 0 Å². The van der Waals surface area contributed by atoms with Crippen molar-refractivity contribution < 1.29 is 4.84 Å². The van der Waals surface area contributed by atoms with Gasteiger partial charge in [-0.3, -0.25) is 0 Å². The van der Waals surface area contributed by atoms with Crippen molar-refractivity contribution >= 4 is 12.1 Å². The third-order valence-electron chi connectivity index (χ3n) is 1.57. The van der Waals surface area contributed by atoms with E-state index in [0.717, 1.165) is 11.3 Å². The molecule has 60 valence electrons. The minimum atomic E-state index is 0.873. The van der Waals surface area contributed by atoms with Crippen molar-refractivity contribution in [1.82, 2.24) is 5.48 Å². The molecule has 0 bridgehead atoms. The molecule has 0 saturated carbocycles. The van der Waals surface area contributed by atoms with Gasteiger partial charge in [-0.1, -0.05) is 30.3 Å². The molecule has 0 fully saturated rings. The topological polar surface area (TPSA) is 33.6 Å². The van der Waals surface area contributed by atoms with Crippen molar-refractivity contribution in [2.24, 2.45) is 4.99 Å². The van der Waals surface area contributed by atoms with E-state index in [0.29, 0.717) is 0 Å². The zero-order valence-corrected chi connectivity index (χ0v) is 6.40. The first-order chi connectivity index (χ1) is 5.97. The van der Waals surface area contributed by atoms with Crippen LogP contribution in [-0.4, -0.2) is 6.40 Å². The predicted molar refractivity (Wildman–Crippen MR) is 47.1 cm³/mol. The van der Waals surface area contributed by atoms with E-state index < -0.39 is 0 Å². The van der Waals surface area contributed by atoms with Gasteiger partial charge in [-0.25, -0.2) is 10.5 Å². The SMILES string of the molecule is C1=NC=C(c2ccccc2)NO1. The van der Waals surface area contributed by atoms with Gasteiger partial charge in [-0.05, 0) is 0 Å². The lowest BCUT2D eigenvalue weighted by molar-refractivity contribution is 0.247. The van der Waals surface area contributed by atoms with E-state index in [-0.39, 0.29) is 0 Å². The van der Waals surface area contributed by atoms with E-state index in [1.54, 1.807) is 6.20 Å². The molecule has 0 radical (unpaired) electrons. The van der Waals surface area contributed by atoms with Crippen LogP contribution in [0.15, 0.2) is 41.5 Å². The highest BCUT2D eigenvalue weighted by Gasteiger charge is 2.01. The van der Waals surface area contributed by atoms with Crippen LogP contribution in [0.25, 0.3) is 5.70 Å². The molecule has 1 heterocycles. The highest BCUT2D eigenvalue weighted by Crippen LogP contribution is 2.11. The molecule has 1 N–H and O–H groups in total. The molecule has 0 saturated heterocycles. The van der Waals surface area contributed by atoms with Crippen LogP contribution in [0.1, 0.15) is 5.56 Å². The van der Waals surface area contributed by atoms with Crippen LogP contribution in [0.3, 0.4) is 0 Å². The number of hydroxylamine groups is 1. The number of benzene rings is 1. The average molecular weight is 160 g/mol. The molecule has 1 aliphatic heterocycles. The van der Waals surface area contributed by atoms with E-state index in [4.69, 9.17) is 4.84 Å². The predicted octanol–water partition coefficient (Wildman–Crippen LogP) is 1.55. The molecular formula is C9H8N2O. The first kappa shape index (κ1) is 6.91. The van der Waals surface area contributed by atoms with Gasteiger partial charge in [0.1, 0.15) is 0 Å². The first-order valence-electron chi connectivity index (χ1n) is 3.66. The molecule has 1 aliphatic rings. The van der Waals surface area contributed by atoms with E-state index in [1.807, 2.05) is 30.3 Å². The third-order valence-corrected chi connectivity index (χ3v) is 1.57. The van der Waals surface area contributed by atoms with Crippen LogP contribution in [0.5, 0.6) is 0 Å². The number of nitrogens with zero attached hydrogens (tertiary/aromatic N) is 1. The highest BCUT2D eigenvalue weighted by molar-refractivity contribution is 5.67. The van der Waals surface area contributed by atoms with Crippen LogP contribution in [0.2, 0.25) is 0 Å². The summed E-state index contributed by atoms with van der Waals surface area (Å²) in [7, 11) is 0. The largest absolute Gasteiger partial charge is 0.370 e. The Labute approximate surface area is 70.3 Å². The van der Waals surface area contributed by atoms with E-state index in [1.165, 1.54) is 6.40 Å². The Morgan fingerprint density at radius 2 is 2.00 bits per heavy atom. The Kier molecular flexibility index (Phi) is 1.78. The number of rotatable bonds is 1. The molecule has 1 aromatic carbocycles. The zero-order valence-electron chi connectivity index (χ0n) is 6.40. The third kappa shape index (κ3) is 1.29. The maximum atomic E-state index is 4.83. The zero-order chi connectivity index (χ0) is 8.23. The van der Waals surface area contributed by atoms with Gasteiger partial charge in [-0.15, -0.1) is 0 Å². The smallest absolute Gasteiger partial charge is 0.208 e. The molecule has 0 aromatic heterocycles. The van der Waals surface area contributed by atoms with Crippen LogP contribution >= 0.6 is 0 Å². The molecule has 0 amide bonds. The summed E-state index contributed by atoms with van der Waals surface area (Å²) in [6.45, 7) is 0. The Morgan fingerprint density at radius 1 is 1.17 bits per heavy atom. The standard InChI is InChI=1S/C9H8N2O/c1-2-4-8(5-3-1)9-6-10-7-12-11-9/h1-7,11H. The van der Waals surface area contributed by atoms with Crippen molar-refractivity contribution in [3.63, 3.8) is 0 Å². The normalized spacial score (nSPS) is 14.5. The fourth-order valence-corrected chi connectivity index (χ4v) is 1.00. The number of hydrogen-bond acceptors (Lipinski definition) is 3. The number of nitrogens with one attached hydrogen (secondary N) is 1. The Hall–Kier alpha value is -1.77. The summed E-state index contributed by atoms with van der Waals surface area (Å²) in [5.74, 6) is 0. The summed E-state index contributed by atoms with van der Waals surface area (Å²) < 4.78 is 0. The molecule has 12 heavy (non-hydrogen) atoms. The van der Waals surface area contributed by atoms with E-state index in [2.05, 4.69) is 10.5 Å². The summed E-state index contributed by atoms with van der Waals surface area (Å²) in [5.41, 5.74) is 4.68. The van der Waals surface area contributed by atoms with Crippen LogP contribution in [0, 0.1) is 0 Å². The van der Waals surface area contributed by atoms with Crippen molar-refractivity contribution in [2.45, 2.75) is 0 Å². The summed E-state index contributed by atoms with van der Waals surface area (Å²) >= 11 is 0. The Morgan fingerprint density at radius 3 is 2.67 bits per heavy atom. The first-order valence-corrected chi connectivity index (χ1v) is 3.66. The molecule has 0 atom stereocenters. The van der Waals surface area contributed by atoms with Crippen LogP contribution in [0.4, 0.5) is 0 Å². The average Bonchev–Trinajstić information content (AvgIpc) is 2.21.